The van der Waals surface area contributed by atoms with Crippen LogP contribution in [0.3, 0.4) is 0 Å². The number of hydrogen-bond acceptors (Lipinski definition) is 5. The van der Waals surface area contributed by atoms with Gasteiger partial charge in [-0.15, -0.1) is 0 Å². The van der Waals surface area contributed by atoms with Crippen LogP contribution in [0.15, 0.2) is 28.8 Å². The molecule has 2 heterocycles. The second-order valence-corrected chi connectivity index (χ2v) is 5.65. The molecule has 0 atom stereocenters. The van der Waals surface area contributed by atoms with Gasteiger partial charge in [0.15, 0.2) is 0 Å². The van der Waals surface area contributed by atoms with E-state index < -0.39 is 12.1 Å². The van der Waals surface area contributed by atoms with Crippen LogP contribution in [0.1, 0.15) is 18.7 Å². The molecule has 1 fully saturated rings. The van der Waals surface area contributed by atoms with E-state index in [1.807, 2.05) is 0 Å². The Labute approximate surface area is 140 Å². The Morgan fingerprint density at radius 1 is 1.24 bits per heavy atom. The highest BCUT2D eigenvalue weighted by atomic mass is 19.4. The number of aliphatic hydroxyl groups excluding tert-OH is 1. The minimum absolute atomic E-state index is 0.185. The van der Waals surface area contributed by atoms with Crippen LogP contribution in [0, 0.1) is 0 Å². The first-order valence-electron chi connectivity index (χ1n) is 7.58. The SMILES string of the molecule is O=C(Nc1ccc(-c2noc(C(F)(F)F)n2)cc1)N1CCC(O)CC1. The predicted molar refractivity (Wildman–Crippen MR) is 80.6 cm³/mol. The van der Waals surface area contributed by atoms with Crippen molar-refractivity contribution in [3.8, 4) is 11.4 Å². The number of benzene rings is 1. The number of carbonyl (C=O) groups excluding carboxylic acids is 1. The fraction of sp³-hybridized carbons (Fsp3) is 0.400. The van der Waals surface area contributed by atoms with E-state index in [-0.39, 0.29) is 18.0 Å². The smallest absolute Gasteiger partial charge is 0.393 e. The van der Waals surface area contributed by atoms with Crippen molar-refractivity contribution in [2.45, 2.75) is 25.1 Å². The van der Waals surface area contributed by atoms with E-state index in [9.17, 15) is 23.1 Å². The molecule has 25 heavy (non-hydrogen) atoms. The van der Waals surface area contributed by atoms with Gasteiger partial charge in [-0.1, -0.05) is 5.16 Å². The third-order valence-corrected chi connectivity index (χ3v) is 3.81. The summed E-state index contributed by atoms with van der Waals surface area (Å²) in [5.41, 5.74) is 0.817. The fourth-order valence-electron chi connectivity index (χ4n) is 2.43. The molecule has 1 aromatic heterocycles. The summed E-state index contributed by atoms with van der Waals surface area (Å²) < 4.78 is 41.6. The Hall–Kier alpha value is -2.62. The van der Waals surface area contributed by atoms with Gasteiger partial charge in [-0.2, -0.15) is 18.2 Å². The van der Waals surface area contributed by atoms with Gasteiger partial charge in [0.2, 0.25) is 5.82 Å². The Morgan fingerprint density at radius 2 is 1.88 bits per heavy atom. The van der Waals surface area contributed by atoms with Crippen molar-refractivity contribution in [1.29, 1.82) is 0 Å². The molecule has 134 valence electrons. The number of hydrogen-bond donors (Lipinski definition) is 2. The number of amides is 2. The van der Waals surface area contributed by atoms with Crippen LogP contribution >= 0.6 is 0 Å². The van der Waals surface area contributed by atoms with Crippen molar-refractivity contribution in [3.63, 3.8) is 0 Å². The Kier molecular flexibility index (Phi) is 4.62. The fourth-order valence-corrected chi connectivity index (χ4v) is 2.43. The van der Waals surface area contributed by atoms with Gasteiger partial charge in [0.25, 0.3) is 0 Å². The summed E-state index contributed by atoms with van der Waals surface area (Å²) in [6.45, 7) is 0.933. The molecule has 0 saturated carbocycles. The second-order valence-electron chi connectivity index (χ2n) is 5.65. The van der Waals surface area contributed by atoms with Crippen LogP contribution < -0.4 is 5.32 Å². The van der Waals surface area contributed by atoms with Crippen molar-refractivity contribution in [3.05, 3.63) is 30.2 Å². The molecule has 1 aromatic carbocycles. The average Bonchev–Trinajstić information content (AvgIpc) is 3.06. The first-order valence-corrected chi connectivity index (χ1v) is 7.58. The molecule has 1 aliphatic rings. The van der Waals surface area contributed by atoms with E-state index in [4.69, 9.17) is 0 Å². The van der Waals surface area contributed by atoms with Gasteiger partial charge >= 0.3 is 18.1 Å². The highest BCUT2D eigenvalue weighted by molar-refractivity contribution is 5.89. The molecule has 7 nitrogen and oxygen atoms in total. The zero-order valence-corrected chi connectivity index (χ0v) is 13.0. The molecular weight excluding hydrogens is 341 g/mol. The highest BCUT2D eigenvalue weighted by Gasteiger charge is 2.38. The third-order valence-electron chi connectivity index (χ3n) is 3.81. The van der Waals surface area contributed by atoms with E-state index in [1.54, 1.807) is 4.90 Å². The standard InChI is InChI=1S/C15H15F3N4O3/c16-15(17,18)13-20-12(21-25-13)9-1-3-10(4-2-9)19-14(24)22-7-5-11(23)6-8-22/h1-4,11,23H,5-8H2,(H,19,24). The van der Waals surface area contributed by atoms with Crippen LogP contribution in [0.25, 0.3) is 11.4 Å². The summed E-state index contributed by atoms with van der Waals surface area (Å²) in [5, 5.41) is 15.4. The van der Waals surface area contributed by atoms with Crippen LogP contribution in [-0.4, -0.2) is 45.4 Å². The maximum Gasteiger partial charge on any atom is 0.471 e. The highest BCUT2D eigenvalue weighted by Crippen LogP contribution is 2.29. The molecule has 2 amide bonds. The lowest BCUT2D eigenvalue weighted by Gasteiger charge is -2.29. The van der Waals surface area contributed by atoms with Crippen molar-refractivity contribution in [1.82, 2.24) is 15.0 Å². The molecule has 2 N–H and O–H groups in total. The first-order chi connectivity index (χ1) is 11.8. The lowest BCUT2D eigenvalue weighted by molar-refractivity contribution is -0.159. The van der Waals surface area contributed by atoms with Gasteiger partial charge in [0, 0.05) is 24.3 Å². The van der Waals surface area contributed by atoms with E-state index in [1.165, 1.54) is 24.3 Å². The molecule has 1 saturated heterocycles. The quantitative estimate of drug-likeness (QED) is 0.863. The molecular formula is C15H15F3N4O3. The van der Waals surface area contributed by atoms with E-state index >= 15 is 0 Å². The molecule has 0 aliphatic carbocycles. The van der Waals surface area contributed by atoms with Gasteiger partial charge in [0.1, 0.15) is 0 Å². The maximum atomic E-state index is 12.5. The van der Waals surface area contributed by atoms with E-state index in [0.29, 0.717) is 37.2 Å². The molecule has 10 heteroatoms. The van der Waals surface area contributed by atoms with Crippen LogP contribution in [0.4, 0.5) is 23.7 Å². The Bertz CT molecular complexity index is 737. The number of aromatic nitrogens is 2. The van der Waals surface area contributed by atoms with Crippen LogP contribution in [0.2, 0.25) is 0 Å². The first kappa shape index (κ1) is 17.2. The Balaban J connectivity index is 1.64. The van der Waals surface area contributed by atoms with Gasteiger partial charge in [-0.05, 0) is 37.1 Å². The number of alkyl halides is 3. The van der Waals surface area contributed by atoms with Crippen LogP contribution in [0.5, 0.6) is 0 Å². The molecule has 0 spiro atoms. The van der Waals surface area contributed by atoms with Crippen molar-refractivity contribution in [2.24, 2.45) is 0 Å². The summed E-state index contributed by atoms with van der Waals surface area (Å²) in [4.78, 5) is 17.0. The maximum absolute atomic E-state index is 12.5. The normalized spacial score (nSPS) is 16.1. The summed E-state index contributed by atoms with van der Waals surface area (Å²) in [5.74, 6) is -1.60. The minimum atomic E-state index is -4.69. The van der Waals surface area contributed by atoms with Crippen molar-refractivity contribution in [2.75, 3.05) is 18.4 Å². The van der Waals surface area contributed by atoms with Gasteiger partial charge in [0.05, 0.1) is 6.10 Å². The average molecular weight is 356 g/mol. The summed E-state index contributed by atoms with van der Waals surface area (Å²) in [6.07, 6.45) is -4.00. The monoisotopic (exact) mass is 356 g/mol. The number of halogens is 3. The molecule has 0 bridgehead atoms. The van der Waals surface area contributed by atoms with Gasteiger partial charge < -0.3 is 19.8 Å². The Morgan fingerprint density at radius 3 is 2.44 bits per heavy atom. The van der Waals surface area contributed by atoms with Crippen LogP contribution in [-0.2, 0) is 6.18 Å². The second kappa shape index (κ2) is 6.71. The molecule has 1 aliphatic heterocycles. The summed E-state index contributed by atoms with van der Waals surface area (Å²) in [7, 11) is 0. The minimum Gasteiger partial charge on any atom is -0.393 e. The number of urea groups is 1. The molecule has 2 aromatic rings. The topological polar surface area (TPSA) is 91.5 Å². The number of nitrogens with one attached hydrogen (secondary N) is 1. The van der Waals surface area contributed by atoms with Crippen molar-refractivity contribution >= 4 is 11.7 Å². The lowest BCUT2D eigenvalue weighted by Crippen LogP contribution is -2.42. The number of piperidine rings is 1. The third kappa shape index (κ3) is 4.08. The van der Waals surface area contributed by atoms with E-state index in [2.05, 4.69) is 20.0 Å². The number of rotatable bonds is 2. The largest absolute Gasteiger partial charge is 0.471 e. The molecule has 0 radical (unpaired) electrons. The van der Waals surface area contributed by atoms with Gasteiger partial charge in [-0.25, -0.2) is 4.79 Å². The molecule has 0 unspecified atom stereocenters. The number of aliphatic hydroxyl groups is 1. The number of carbonyl (C=O) groups is 1. The predicted octanol–water partition coefficient (Wildman–Crippen LogP) is 2.74. The van der Waals surface area contributed by atoms with E-state index in [0.717, 1.165) is 0 Å². The zero-order chi connectivity index (χ0) is 18.0. The number of likely N-dealkylation sites (tertiary alicyclic amines) is 1. The molecule has 3 rings (SSSR count). The lowest BCUT2D eigenvalue weighted by atomic mass is 10.1. The number of nitrogens with zero attached hydrogens (tertiary/aromatic N) is 3. The summed E-state index contributed by atoms with van der Waals surface area (Å²) in [6, 6.07) is 5.76. The number of anilines is 1. The van der Waals surface area contributed by atoms with Gasteiger partial charge in [-0.3, -0.25) is 0 Å². The van der Waals surface area contributed by atoms with Crippen molar-refractivity contribution < 1.29 is 27.6 Å². The summed E-state index contributed by atoms with van der Waals surface area (Å²) >= 11 is 0. The zero-order valence-electron chi connectivity index (χ0n) is 13.0.